The summed E-state index contributed by atoms with van der Waals surface area (Å²) < 4.78 is 0.524. The van der Waals surface area contributed by atoms with E-state index < -0.39 is 5.97 Å². The van der Waals surface area contributed by atoms with Gasteiger partial charge in [0.15, 0.2) is 0 Å². The summed E-state index contributed by atoms with van der Waals surface area (Å²) in [7, 11) is 0. The average molecular weight is 255 g/mol. The minimum absolute atomic E-state index is 0.103. The van der Waals surface area contributed by atoms with Gasteiger partial charge in [-0.1, -0.05) is 0 Å². The molecule has 0 heterocycles. The van der Waals surface area contributed by atoms with Crippen LogP contribution >= 0.6 is 15.9 Å². The maximum absolute atomic E-state index is 10.4. The van der Waals surface area contributed by atoms with Crippen LogP contribution in [0.5, 0.6) is 0 Å². The number of carboxylic acid groups (broad SMARTS) is 1. The summed E-state index contributed by atoms with van der Waals surface area (Å²) in [5, 5.41) is 17.2. The molecule has 0 aliphatic heterocycles. The maximum atomic E-state index is 10.4. The summed E-state index contributed by atoms with van der Waals surface area (Å²) in [6.45, 7) is 0. The first-order valence-corrected chi connectivity index (χ1v) is 4.53. The van der Waals surface area contributed by atoms with Crippen LogP contribution in [0.15, 0.2) is 16.6 Å². The van der Waals surface area contributed by atoms with Gasteiger partial charge >= 0.3 is 5.97 Å². The largest absolute Gasteiger partial charge is 0.481 e. The van der Waals surface area contributed by atoms with Crippen molar-refractivity contribution in [3.63, 3.8) is 0 Å². The molecule has 0 aliphatic rings. The van der Waals surface area contributed by atoms with E-state index >= 15 is 0 Å². The third-order valence-electron chi connectivity index (χ3n) is 1.65. The Morgan fingerprint density at radius 3 is 2.71 bits per heavy atom. The Hall–Kier alpha value is -1.54. The normalized spacial score (nSPS) is 9.43. The molecule has 0 unspecified atom stereocenters. The molecule has 0 saturated heterocycles. The van der Waals surface area contributed by atoms with E-state index in [0.717, 1.165) is 0 Å². The molecule has 4 nitrogen and oxygen atoms in total. The number of nitrogens with two attached hydrogens (primary N) is 1. The molecule has 0 saturated carbocycles. The van der Waals surface area contributed by atoms with Gasteiger partial charge in [0.1, 0.15) is 6.07 Å². The van der Waals surface area contributed by atoms with Gasteiger partial charge in [-0.25, -0.2) is 0 Å². The van der Waals surface area contributed by atoms with E-state index in [1.807, 2.05) is 6.07 Å². The van der Waals surface area contributed by atoms with Gasteiger partial charge in [0.2, 0.25) is 0 Å². The highest BCUT2D eigenvalue weighted by molar-refractivity contribution is 9.10. The predicted octanol–water partition coefficient (Wildman–Crippen LogP) is 1.53. The fraction of sp³-hybridized carbons (Fsp3) is 0.111. The van der Waals surface area contributed by atoms with Crippen LogP contribution in [-0.2, 0) is 11.2 Å². The number of nitriles is 1. The Kier molecular flexibility index (Phi) is 3.10. The summed E-state index contributed by atoms with van der Waals surface area (Å²) in [6, 6.07) is 5.01. The van der Waals surface area contributed by atoms with Crippen LogP contribution < -0.4 is 5.73 Å². The molecule has 1 aromatic rings. The van der Waals surface area contributed by atoms with Gasteiger partial charge in [0.25, 0.3) is 0 Å². The monoisotopic (exact) mass is 254 g/mol. The summed E-state index contributed by atoms with van der Waals surface area (Å²) in [5.74, 6) is -0.930. The Morgan fingerprint density at radius 1 is 1.64 bits per heavy atom. The number of nitrogens with zero attached hydrogens (tertiary/aromatic N) is 1. The summed E-state index contributed by atoms with van der Waals surface area (Å²) >= 11 is 3.15. The third-order valence-corrected chi connectivity index (χ3v) is 2.27. The first kappa shape index (κ1) is 10.5. The van der Waals surface area contributed by atoms with Crippen LogP contribution in [0.1, 0.15) is 11.1 Å². The predicted molar refractivity (Wildman–Crippen MR) is 54.6 cm³/mol. The lowest BCUT2D eigenvalue weighted by Crippen LogP contribution is -2.02. The summed E-state index contributed by atoms with van der Waals surface area (Å²) in [6.07, 6.45) is -0.103. The Bertz CT molecular complexity index is 400. The SMILES string of the molecule is N#Cc1c(N)cc(CC(=O)O)cc1Br. The fourth-order valence-corrected chi connectivity index (χ4v) is 1.69. The van der Waals surface area contributed by atoms with Crippen LogP contribution in [0.3, 0.4) is 0 Å². The molecule has 0 atom stereocenters. The number of carboxylic acids is 1. The van der Waals surface area contributed by atoms with Gasteiger partial charge < -0.3 is 10.8 Å². The quantitative estimate of drug-likeness (QED) is 0.784. The zero-order valence-corrected chi connectivity index (χ0v) is 8.71. The Labute approximate surface area is 89.1 Å². The minimum atomic E-state index is -0.930. The summed E-state index contributed by atoms with van der Waals surface area (Å²) in [4.78, 5) is 10.4. The van der Waals surface area contributed by atoms with Crippen LogP contribution in [0.2, 0.25) is 0 Å². The molecule has 5 heteroatoms. The van der Waals surface area contributed by atoms with Crippen molar-refractivity contribution in [2.75, 3.05) is 5.73 Å². The highest BCUT2D eigenvalue weighted by atomic mass is 79.9. The lowest BCUT2D eigenvalue weighted by Gasteiger charge is -2.03. The number of benzene rings is 1. The van der Waals surface area contributed by atoms with E-state index in [0.29, 0.717) is 15.6 Å². The first-order valence-electron chi connectivity index (χ1n) is 3.74. The zero-order chi connectivity index (χ0) is 10.7. The van der Waals surface area contributed by atoms with E-state index in [4.69, 9.17) is 16.1 Å². The van der Waals surface area contributed by atoms with Crippen molar-refractivity contribution in [3.8, 4) is 6.07 Å². The van der Waals surface area contributed by atoms with E-state index in [1.165, 1.54) is 6.07 Å². The molecule has 0 amide bonds. The van der Waals surface area contributed by atoms with Crippen LogP contribution in [0.4, 0.5) is 5.69 Å². The standard InChI is InChI=1S/C9H7BrN2O2/c10-7-1-5(3-9(13)14)2-8(12)6(7)4-11/h1-2H,3,12H2,(H,13,14). The Morgan fingerprint density at radius 2 is 2.29 bits per heavy atom. The van der Waals surface area contributed by atoms with Gasteiger partial charge in [-0.3, -0.25) is 4.79 Å². The molecule has 1 rings (SSSR count). The lowest BCUT2D eigenvalue weighted by molar-refractivity contribution is -0.136. The molecular weight excluding hydrogens is 248 g/mol. The van der Waals surface area contributed by atoms with Crippen molar-refractivity contribution in [2.45, 2.75) is 6.42 Å². The first-order chi connectivity index (χ1) is 6.54. The fourth-order valence-electron chi connectivity index (χ4n) is 1.08. The molecule has 0 fully saturated rings. The Balaban J connectivity index is 3.15. The maximum Gasteiger partial charge on any atom is 0.307 e. The molecule has 1 aromatic carbocycles. The summed E-state index contributed by atoms with van der Waals surface area (Å²) in [5.41, 5.74) is 6.76. The second-order valence-electron chi connectivity index (χ2n) is 2.72. The number of hydrogen-bond donors (Lipinski definition) is 2. The lowest BCUT2D eigenvalue weighted by atomic mass is 10.1. The molecule has 0 radical (unpaired) electrons. The molecule has 3 N–H and O–H groups in total. The topological polar surface area (TPSA) is 87.1 Å². The van der Waals surface area contributed by atoms with E-state index in [-0.39, 0.29) is 12.1 Å². The van der Waals surface area contributed by atoms with Crippen molar-refractivity contribution < 1.29 is 9.90 Å². The minimum Gasteiger partial charge on any atom is -0.481 e. The molecular formula is C9H7BrN2O2. The van der Waals surface area contributed by atoms with E-state index in [1.54, 1.807) is 6.07 Å². The van der Waals surface area contributed by atoms with Crippen molar-refractivity contribution in [3.05, 3.63) is 27.7 Å². The average Bonchev–Trinajstić information content (AvgIpc) is 2.01. The van der Waals surface area contributed by atoms with Gasteiger partial charge in [-0.2, -0.15) is 5.26 Å². The number of rotatable bonds is 2. The molecule has 0 spiro atoms. The van der Waals surface area contributed by atoms with Crippen molar-refractivity contribution in [1.82, 2.24) is 0 Å². The van der Waals surface area contributed by atoms with Crippen LogP contribution in [-0.4, -0.2) is 11.1 Å². The number of aliphatic carboxylic acids is 1. The number of carbonyl (C=O) groups is 1. The van der Waals surface area contributed by atoms with Gasteiger partial charge in [0.05, 0.1) is 17.7 Å². The molecule has 0 aromatic heterocycles. The van der Waals surface area contributed by atoms with E-state index in [9.17, 15) is 4.79 Å². The van der Waals surface area contributed by atoms with Crippen LogP contribution in [0.25, 0.3) is 0 Å². The van der Waals surface area contributed by atoms with Gasteiger partial charge in [-0.05, 0) is 33.6 Å². The number of nitrogen functional groups attached to an aromatic ring is 1. The second-order valence-corrected chi connectivity index (χ2v) is 3.58. The van der Waals surface area contributed by atoms with Gasteiger partial charge in [-0.15, -0.1) is 0 Å². The number of halogens is 1. The highest BCUT2D eigenvalue weighted by Crippen LogP contribution is 2.24. The molecule has 72 valence electrons. The number of hydrogen-bond acceptors (Lipinski definition) is 3. The zero-order valence-electron chi connectivity index (χ0n) is 7.12. The smallest absolute Gasteiger partial charge is 0.307 e. The number of anilines is 1. The van der Waals surface area contributed by atoms with Gasteiger partial charge in [0, 0.05) is 4.47 Å². The molecule has 14 heavy (non-hydrogen) atoms. The van der Waals surface area contributed by atoms with Crippen LogP contribution in [0, 0.1) is 11.3 Å². The molecule has 0 bridgehead atoms. The second kappa shape index (κ2) is 4.11. The highest BCUT2D eigenvalue weighted by Gasteiger charge is 2.08. The van der Waals surface area contributed by atoms with Crippen molar-refractivity contribution in [2.24, 2.45) is 0 Å². The third kappa shape index (κ3) is 2.24. The van der Waals surface area contributed by atoms with Crippen molar-refractivity contribution >= 4 is 27.6 Å². The molecule has 0 aliphatic carbocycles. The van der Waals surface area contributed by atoms with E-state index in [2.05, 4.69) is 15.9 Å². The van der Waals surface area contributed by atoms with Crippen molar-refractivity contribution in [1.29, 1.82) is 5.26 Å².